The highest BCUT2D eigenvalue weighted by atomic mass is 16.5. The molecule has 2 N–H and O–H groups in total. The summed E-state index contributed by atoms with van der Waals surface area (Å²) in [5, 5.41) is 0. The normalized spacial score (nSPS) is 26.2. The summed E-state index contributed by atoms with van der Waals surface area (Å²) >= 11 is 0. The van der Waals surface area contributed by atoms with E-state index in [0.29, 0.717) is 12.0 Å². The molecule has 0 aliphatic heterocycles. The van der Waals surface area contributed by atoms with E-state index in [-0.39, 0.29) is 0 Å². The molecule has 0 spiro atoms. The van der Waals surface area contributed by atoms with Gasteiger partial charge in [0, 0.05) is 5.69 Å². The van der Waals surface area contributed by atoms with Crippen LogP contribution in [0.4, 0.5) is 5.69 Å². The van der Waals surface area contributed by atoms with E-state index in [9.17, 15) is 0 Å². The molecule has 0 heterocycles. The number of hydrogen-bond acceptors (Lipinski definition) is 2. The number of nitrogen functional groups attached to an aromatic ring is 1. The molecular weight excluding hydrogens is 186 g/mol. The zero-order valence-corrected chi connectivity index (χ0v) is 9.28. The Hall–Kier alpha value is -1.18. The molecule has 2 heteroatoms. The van der Waals surface area contributed by atoms with Crippen LogP contribution in [0, 0.1) is 5.92 Å². The maximum Gasteiger partial charge on any atom is 0.119 e. The van der Waals surface area contributed by atoms with Crippen LogP contribution in [-0.2, 0) is 0 Å². The first kappa shape index (κ1) is 10.3. The lowest BCUT2D eigenvalue weighted by atomic mass is 9.88. The van der Waals surface area contributed by atoms with Crippen molar-refractivity contribution in [1.82, 2.24) is 0 Å². The third-order valence-electron chi connectivity index (χ3n) is 3.20. The number of benzene rings is 1. The molecule has 1 aliphatic carbocycles. The van der Waals surface area contributed by atoms with Gasteiger partial charge in [-0.3, -0.25) is 0 Å². The third-order valence-corrected chi connectivity index (χ3v) is 3.20. The molecule has 0 radical (unpaired) electrons. The Morgan fingerprint density at radius 1 is 1.13 bits per heavy atom. The van der Waals surface area contributed by atoms with Crippen molar-refractivity contribution in [3.05, 3.63) is 24.3 Å². The lowest BCUT2D eigenvalue weighted by Crippen LogP contribution is -2.28. The Kier molecular flexibility index (Phi) is 3.14. The maximum absolute atomic E-state index is 5.97. The minimum absolute atomic E-state index is 0.391. The summed E-state index contributed by atoms with van der Waals surface area (Å²) in [7, 11) is 0. The number of anilines is 1. The van der Waals surface area contributed by atoms with Crippen molar-refractivity contribution in [3.8, 4) is 5.75 Å². The van der Waals surface area contributed by atoms with E-state index >= 15 is 0 Å². The smallest absolute Gasteiger partial charge is 0.119 e. The second-order valence-corrected chi connectivity index (χ2v) is 4.49. The summed E-state index contributed by atoms with van der Waals surface area (Å²) in [6.07, 6.45) is 5.51. The van der Waals surface area contributed by atoms with E-state index in [0.717, 1.165) is 11.4 Å². The van der Waals surface area contributed by atoms with E-state index in [1.165, 1.54) is 25.7 Å². The Bertz CT molecular complexity index is 307. The quantitative estimate of drug-likeness (QED) is 0.752. The van der Waals surface area contributed by atoms with Gasteiger partial charge in [-0.25, -0.2) is 0 Å². The van der Waals surface area contributed by atoms with Crippen molar-refractivity contribution in [2.45, 2.75) is 38.7 Å². The van der Waals surface area contributed by atoms with Gasteiger partial charge in [0.2, 0.25) is 0 Å². The van der Waals surface area contributed by atoms with Crippen LogP contribution in [-0.4, -0.2) is 6.10 Å². The summed E-state index contributed by atoms with van der Waals surface area (Å²) in [5.74, 6) is 1.62. The van der Waals surface area contributed by atoms with Crippen molar-refractivity contribution >= 4 is 5.69 Å². The lowest BCUT2D eigenvalue weighted by Gasteiger charge is -2.29. The van der Waals surface area contributed by atoms with Crippen LogP contribution in [0.1, 0.15) is 32.6 Å². The largest absolute Gasteiger partial charge is 0.490 e. The number of nitrogens with two attached hydrogens (primary N) is 1. The fourth-order valence-corrected chi connectivity index (χ4v) is 2.18. The van der Waals surface area contributed by atoms with Gasteiger partial charge in [0.15, 0.2) is 0 Å². The number of rotatable bonds is 2. The van der Waals surface area contributed by atoms with Crippen LogP contribution in [0.3, 0.4) is 0 Å². The Balaban J connectivity index is 1.98. The molecular formula is C13H19NO. The van der Waals surface area contributed by atoms with Gasteiger partial charge in [-0.2, -0.15) is 0 Å². The van der Waals surface area contributed by atoms with Gasteiger partial charge in [0.25, 0.3) is 0 Å². The SMILES string of the molecule is C[C@@H]1CCCC[C@@H]1Oc1ccc(N)cc1. The van der Waals surface area contributed by atoms with Crippen molar-refractivity contribution < 1.29 is 4.74 Å². The Morgan fingerprint density at radius 3 is 2.47 bits per heavy atom. The van der Waals surface area contributed by atoms with E-state index < -0.39 is 0 Å². The molecule has 2 atom stereocenters. The molecule has 0 saturated heterocycles. The molecule has 0 unspecified atom stereocenters. The lowest BCUT2D eigenvalue weighted by molar-refractivity contribution is 0.102. The molecule has 15 heavy (non-hydrogen) atoms. The van der Waals surface area contributed by atoms with E-state index in [2.05, 4.69) is 6.92 Å². The molecule has 0 aromatic heterocycles. The number of ether oxygens (including phenoxy) is 1. The summed E-state index contributed by atoms with van der Waals surface area (Å²) in [6.45, 7) is 2.28. The molecule has 2 nitrogen and oxygen atoms in total. The molecule has 0 amide bonds. The van der Waals surface area contributed by atoms with Gasteiger partial charge in [-0.05, 0) is 49.4 Å². The summed E-state index contributed by atoms with van der Waals surface area (Å²) < 4.78 is 5.97. The zero-order chi connectivity index (χ0) is 10.7. The fourth-order valence-electron chi connectivity index (χ4n) is 2.18. The molecule has 1 aromatic carbocycles. The van der Waals surface area contributed by atoms with Gasteiger partial charge in [0.05, 0.1) is 0 Å². The van der Waals surface area contributed by atoms with Gasteiger partial charge >= 0.3 is 0 Å². The van der Waals surface area contributed by atoms with Crippen molar-refractivity contribution in [1.29, 1.82) is 0 Å². The first-order valence-corrected chi connectivity index (χ1v) is 5.78. The molecule has 82 valence electrons. The summed E-state index contributed by atoms with van der Waals surface area (Å²) in [6, 6.07) is 7.69. The van der Waals surface area contributed by atoms with Crippen LogP contribution in [0.15, 0.2) is 24.3 Å². The summed E-state index contributed by atoms with van der Waals surface area (Å²) in [5.41, 5.74) is 6.42. The van der Waals surface area contributed by atoms with E-state index in [4.69, 9.17) is 10.5 Å². The first-order valence-electron chi connectivity index (χ1n) is 5.78. The van der Waals surface area contributed by atoms with Crippen LogP contribution in [0.5, 0.6) is 5.75 Å². The molecule has 0 bridgehead atoms. The third kappa shape index (κ3) is 2.65. The van der Waals surface area contributed by atoms with Gasteiger partial charge in [-0.1, -0.05) is 13.3 Å². The van der Waals surface area contributed by atoms with E-state index in [1.807, 2.05) is 24.3 Å². The molecule has 2 rings (SSSR count). The predicted octanol–water partition coefficient (Wildman–Crippen LogP) is 3.23. The van der Waals surface area contributed by atoms with Crippen LogP contribution < -0.4 is 10.5 Å². The second-order valence-electron chi connectivity index (χ2n) is 4.49. The standard InChI is InChI=1S/C13H19NO/c1-10-4-2-3-5-13(10)15-12-8-6-11(14)7-9-12/h6-10,13H,2-5,14H2,1H3/t10-,13+/m1/s1. The van der Waals surface area contributed by atoms with Crippen molar-refractivity contribution in [2.24, 2.45) is 5.92 Å². The highest BCUT2D eigenvalue weighted by Crippen LogP contribution is 2.28. The molecule has 1 aliphatic rings. The first-order chi connectivity index (χ1) is 7.25. The average molecular weight is 205 g/mol. The van der Waals surface area contributed by atoms with Gasteiger partial charge in [-0.15, -0.1) is 0 Å². The van der Waals surface area contributed by atoms with Gasteiger partial charge < -0.3 is 10.5 Å². The molecule has 1 saturated carbocycles. The fraction of sp³-hybridized carbons (Fsp3) is 0.538. The van der Waals surface area contributed by atoms with Crippen LogP contribution in [0.2, 0.25) is 0 Å². The topological polar surface area (TPSA) is 35.2 Å². The Labute approximate surface area is 91.4 Å². The van der Waals surface area contributed by atoms with Crippen molar-refractivity contribution in [3.63, 3.8) is 0 Å². The highest BCUT2D eigenvalue weighted by molar-refractivity contribution is 5.41. The number of hydrogen-bond donors (Lipinski definition) is 1. The second kappa shape index (κ2) is 4.56. The zero-order valence-electron chi connectivity index (χ0n) is 9.28. The predicted molar refractivity (Wildman–Crippen MR) is 62.9 cm³/mol. The maximum atomic E-state index is 5.97. The molecule has 1 fully saturated rings. The van der Waals surface area contributed by atoms with Crippen molar-refractivity contribution in [2.75, 3.05) is 5.73 Å². The highest BCUT2D eigenvalue weighted by Gasteiger charge is 2.22. The minimum atomic E-state index is 0.391. The molecule has 1 aromatic rings. The van der Waals surface area contributed by atoms with E-state index in [1.54, 1.807) is 0 Å². The van der Waals surface area contributed by atoms with Gasteiger partial charge in [0.1, 0.15) is 11.9 Å². The summed E-state index contributed by atoms with van der Waals surface area (Å²) in [4.78, 5) is 0. The monoisotopic (exact) mass is 205 g/mol. The van der Waals surface area contributed by atoms with Crippen LogP contribution in [0.25, 0.3) is 0 Å². The Morgan fingerprint density at radius 2 is 1.80 bits per heavy atom. The average Bonchev–Trinajstić information content (AvgIpc) is 2.25. The van der Waals surface area contributed by atoms with Crippen LogP contribution >= 0.6 is 0 Å². The minimum Gasteiger partial charge on any atom is -0.490 e.